The Balaban J connectivity index is 1.34. The van der Waals surface area contributed by atoms with Crippen LogP contribution in [0.4, 0.5) is 5.69 Å². The Morgan fingerprint density at radius 1 is 1.27 bits per heavy atom. The SMILES string of the molecule is C[C@@H]1CCCN1C(=O)CN1CC[C@H](Oc2cccc3c2CCC(=O)N3)C1. The Bertz CT molecular complexity index is 706. The number of ether oxygens (including phenoxy) is 1. The molecule has 2 fully saturated rings. The van der Waals surface area contributed by atoms with E-state index in [9.17, 15) is 9.59 Å². The second-order valence-corrected chi connectivity index (χ2v) is 7.67. The first-order valence-corrected chi connectivity index (χ1v) is 9.70. The van der Waals surface area contributed by atoms with Crippen LogP contribution < -0.4 is 10.1 Å². The van der Waals surface area contributed by atoms with E-state index in [2.05, 4.69) is 17.1 Å². The molecular formula is C20H27N3O3. The predicted octanol–water partition coefficient (Wildman–Crippen LogP) is 2.04. The summed E-state index contributed by atoms with van der Waals surface area (Å²) in [5.74, 6) is 1.18. The minimum atomic E-state index is 0.0661. The highest BCUT2D eigenvalue weighted by atomic mass is 16.5. The molecule has 2 saturated heterocycles. The van der Waals surface area contributed by atoms with Gasteiger partial charge >= 0.3 is 0 Å². The zero-order chi connectivity index (χ0) is 18.1. The van der Waals surface area contributed by atoms with Gasteiger partial charge in [-0.25, -0.2) is 0 Å². The van der Waals surface area contributed by atoms with Gasteiger partial charge in [-0.1, -0.05) is 6.07 Å². The van der Waals surface area contributed by atoms with E-state index in [0.29, 0.717) is 19.0 Å². The van der Waals surface area contributed by atoms with Gasteiger partial charge in [-0.05, 0) is 44.7 Å². The number of anilines is 1. The normalized spacial score (nSPS) is 25.9. The van der Waals surface area contributed by atoms with Crippen molar-refractivity contribution in [2.45, 2.75) is 51.2 Å². The van der Waals surface area contributed by atoms with Crippen molar-refractivity contribution in [3.05, 3.63) is 23.8 Å². The number of benzene rings is 1. The van der Waals surface area contributed by atoms with Crippen molar-refractivity contribution in [3.8, 4) is 5.75 Å². The number of carbonyl (C=O) groups is 2. The largest absolute Gasteiger partial charge is 0.489 e. The van der Waals surface area contributed by atoms with Gasteiger partial charge in [-0.2, -0.15) is 0 Å². The van der Waals surface area contributed by atoms with E-state index in [4.69, 9.17) is 4.74 Å². The average molecular weight is 357 g/mol. The lowest BCUT2D eigenvalue weighted by Crippen LogP contribution is -2.41. The Hall–Kier alpha value is -2.08. The van der Waals surface area contributed by atoms with Gasteiger partial charge in [0.2, 0.25) is 11.8 Å². The van der Waals surface area contributed by atoms with Gasteiger partial charge in [0.1, 0.15) is 11.9 Å². The molecule has 0 bridgehead atoms. The Labute approximate surface area is 154 Å². The third-order valence-corrected chi connectivity index (χ3v) is 5.76. The van der Waals surface area contributed by atoms with Gasteiger partial charge in [0.05, 0.1) is 6.54 Å². The highest BCUT2D eigenvalue weighted by molar-refractivity contribution is 5.94. The number of nitrogens with one attached hydrogen (secondary N) is 1. The molecule has 26 heavy (non-hydrogen) atoms. The van der Waals surface area contributed by atoms with Crippen molar-refractivity contribution in [3.63, 3.8) is 0 Å². The van der Waals surface area contributed by atoms with Crippen LogP contribution in [0.3, 0.4) is 0 Å². The van der Waals surface area contributed by atoms with Crippen molar-refractivity contribution in [2.24, 2.45) is 0 Å². The summed E-state index contributed by atoms with van der Waals surface area (Å²) < 4.78 is 6.25. The number of hydrogen-bond donors (Lipinski definition) is 1. The van der Waals surface area contributed by atoms with E-state index < -0.39 is 0 Å². The van der Waals surface area contributed by atoms with Gasteiger partial charge in [0.25, 0.3) is 0 Å². The quantitative estimate of drug-likeness (QED) is 0.896. The maximum Gasteiger partial charge on any atom is 0.236 e. The third-order valence-electron chi connectivity index (χ3n) is 5.76. The molecule has 0 spiro atoms. The molecule has 6 heteroatoms. The van der Waals surface area contributed by atoms with Crippen LogP contribution >= 0.6 is 0 Å². The average Bonchev–Trinajstić information content (AvgIpc) is 3.23. The molecule has 1 aromatic rings. The lowest BCUT2D eigenvalue weighted by atomic mass is 10.0. The number of amides is 2. The first kappa shape index (κ1) is 17.3. The summed E-state index contributed by atoms with van der Waals surface area (Å²) in [4.78, 5) is 28.3. The van der Waals surface area contributed by atoms with Crippen LogP contribution in [0.1, 0.15) is 38.2 Å². The number of rotatable bonds is 4. The molecule has 2 amide bonds. The summed E-state index contributed by atoms with van der Waals surface area (Å²) >= 11 is 0. The summed E-state index contributed by atoms with van der Waals surface area (Å²) in [6, 6.07) is 6.21. The fourth-order valence-corrected chi connectivity index (χ4v) is 4.30. The van der Waals surface area contributed by atoms with Crippen LogP contribution in [-0.2, 0) is 16.0 Å². The zero-order valence-corrected chi connectivity index (χ0v) is 15.4. The minimum Gasteiger partial charge on any atom is -0.489 e. The topological polar surface area (TPSA) is 61.9 Å². The lowest BCUT2D eigenvalue weighted by Gasteiger charge is -2.25. The van der Waals surface area contributed by atoms with Gasteiger partial charge in [-0.15, -0.1) is 0 Å². The molecule has 1 aromatic carbocycles. The molecule has 140 valence electrons. The monoisotopic (exact) mass is 357 g/mol. The van der Waals surface area contributed by atoms with Crippen LogP contribution in [0.15, 0.2) is 18.2 Å². The van der Waals surface area contributed by atoms with Gasteiger partial charge < -0.3 is 15.0 Å². The smallest absolute Gasteiger partial charge is 0.236 e. The molecule has 0 aliphatic carbocycles. The second-order valence-electron chi connectivity index (χ2n) is 7.67. The molecule has 0 aromatic heterocycles. The summed E-state index contributed by atoms with van der Waals surface area (Å²) in [6.07, 6.45) is 4.49. The molecule has 4 rings (SSSR count). The minimum absolute atomic E-state index is 0.0661. The van der Waals surface area contributed by atoms with Crippen molar-refractivity contribution < 1.29 is 14.3 Å². The Morgan fingerprint density at radius 3 is 2.96 bits per heavy atom. The number of likely N-dealkylation sites (tertiary alicyclic amines) is 2. The number of hydrogen-bond acceptors (Lipinski definition) is 4. The maximum absolute atomic E-state index is 12.5. The van der Waals surface area contributed by atoms with Crippen molar-refractivity contribution >= 4 is 17.5 Å². The summed E-state index contributed by atoms with van der Waals surface area (Å²) in [5.41, 5.74) is 1.96. The first-order chi connectivity index (χ1) is 12.6. The molecule has 0 radical (unpaired) electrons. The van der Waals surface area contributed by atoms with E-state index in [1.807, 2.05) is 23.1 Å². The molecule has 3 aliphatic heterocycles. The van der Waals surface area contributed by atoms with E-state index in [1.165, 1.54) is 0 Å². The van der Waals surface area contributed by atoms with Crippen molar-refractivity contribution in [1.29, 1.82) is 0 Å². The van der Waals surface area contributed by atoms with E-state index in [1.54, 1.807) is 0 Å². The van der Waals surface area contributed by atoms with E-state index >= 15 is 0 Å². The Kier molecular flexibility index (Phi) is 4.85. The first-order valence-electron chi connectivity index (χ1n) is 9.70. The fraction of sp³-hybridized carbons (Fsp3) is 0.600. The molecular weight excluding hydrogens is 330 g/mol. The standard InChI is InChI=1S/C20H27N3O3/c1-14-4-3-10-23(14)20(25)13-22-11-9-15(12-22)26-18-6-2-5-17-16(18)7-8-19(24)21-17/h2,5-6,14-15H,3-4,7-13H2,1H3,(H,21,24)/t14-,15+/m1/s1. The summed E-state index contributed by atoms with van der Waals surface area (Å²) in [5, 5.41) is 2.92. The molecule has 3 heterocycles. The lowest BCUT2D eigenvalue weighted by molar-refractivity contribution is -0.132. The van der Waals surface area contributed by atoms with Crippen molar-refractivity contribution in [1.82, 2.24) is 9.80 Å². The second kappa shape index (κ2) is 7.27. The van der Waals surface area contributed by atoms with Crippen LogP contribution in [0.2, 0.25) is 0 Å². The van der Waals surface area contributed by atoms with Gasteiger partial charge in [0.15, 0.2) is 0 Å². The highest BCUT2D eigenvalue weighted by Crippen LogP contribution is 2.32. The molecule has 3 aliphatic rings. The number of fused-ring (bicyclic) bond motifs is 1. The predicted molar refractivity (Wildman–Crippen MR) is 99.3 cm³/mol. The zero-order valence-electron chi connectivity index (χ0n) is 15.4. The molecule has 6 nitrogen and oxygen atoms in total. The number of carbonyl (C=O) groups excluding carboxylic acids is 2. The number of nitrogens with zero attached hydrogens (tertiary/aromatic N) is 2. The molecule has 2 atom stereocenters. The van der Waals surface area contributed by atoms with E-state index in [-0.39, 0.29) is 17.9 Å². The van der Waals surface area contributed by atoms with Crippen LogP contribution in [0.5, 0.6) is 5.75 Å². The maximum atomic E-state index is 12.5. The Morgan fingerprint density at radius 2 is 2.15 bits per heavy atom. The van der Waals surface area contributed by atoms with Crippen LogP contribution in [0, 0.1) is 0 Å². The van der Waals surface area contributed by atoms with Gasteiger partial charge in [0, 0.05) is 43.3 Å². The molecule has 0 saturated carbocycles. The molecule has 1 N–H and O–H groups in total. The summed E-state index contributed by atoms with van der Waals surface area (Å²) in [6.45, 7) is 5.20. The summed E-state index contributed by atoms with van der Waals surface area (Å²) in [7, 11) is 0. The van der Waals surface area contributed by atoms with Crippen LogP contribution in [-0.4, -0.2) is 59.9 Å². The fourth-order valence-electron chi connectivity index (χ4n) is 4.30. The van der Waals surface area contributed by atoms with Gasteiger partial charge in [-0.3, -0.25) is 14.5 Å². The van der Waals surface area contributed by atoms with Crippen molar-refractivity contribution in [2.75, 3.05) is 31.5 Å². The van der Waals surface area contributed by atoms with E-state index in [0.717, 1.165) is 62.3 Å². The third kappa shape index (κ3) is 3.56. The highest BCUT2D eigenvalue weighted by Gasteiger charge is 2.31. The molecule has 0 unspecified atom stereocenters. The van der Waals surface area contributed by atoms with Crippen LogP contribution in [0.25, 0.3) is 0 Å².